The molecule has 1 aliphatic rings. The number of urea groups is 1. The number of pyridine rings is 1. The number of carbonyl (C=O) groups is 1. The van der Waals surface area contributed by atoms with Gasteiger partial charge in [-0.3, -0.25) is 4.98 Å². The molecule has 0 bridgehead atoms. The zero-order valence-electron chi connectivity index (χ0n) is 16.8. The number of methoxy groups -OCH3 is 1. The number of hydrogen-bond acceptors (Lipinski definition) is 4. The average molecular weight is 383 g/mol. The highest BCUT2D eigenvalue weighted by atomic mass is 16.5. The molecule has 6 heteroatoms. The number of rotatable bonds is 8. The maximum absolute atomic E-state index is 12.8. The molecule has 150 valence electrons. The topological polar surface area (TPSA) is 57.7 Å². The Morgan fingerprint density at radius 3 is 2.43 bits per heavy atom. The number of nitrogens with zero attached hydrogens (tertiary/aromatic N) is 3. The molecule has 0 radical (unpaired) electrons. The summed E-state index contributed by atoms with van der Waals surface area (Å²) in [6.45, 7) is 4.19. The predicted octanol–water partition coefficient (Wildman–Crippen LogP) is 3.31. The van der Waals surface area contributed by atoms with Crippen molar-refractivity contribution in [2.24, 2.45) is 0 Å². The SMILES string of the molecule is COc1ccc([C@@H](NC(=O)N(C)CCCN2CCCC2)c2ccncc2)cc1. The average Bonchev–Trinajstić information content (AvgIpc) is 3.26. The molecule has 0 unspecified atom stereocenters. The van der Waals surface area contributed by atoms with Gasteiger partial charge in [0, 0.05) is 26.0 Å². The molecule has 0 spiro atoms. The van der Waals surface area contributed by atoms with Crippen LogP contribution in [0.3, 0.4) is 0 Å². The first-order valence-corrected chi connectivity index (χ1v) is 9.95. The highest BCUT2D eigenvalue weighted by molar-refractivity contribution is 5.75. The Morgan fingerprint density at radius 1 is 1.14 bits per heavy atom. The third-order valence-corrected chi connectivity index (χ3v) is 5.27. The summed E-state index contributed by atoms with van der Waals surface area (Å²) in [7, 11) is 3.51. The van der Waals surface area contributed by atoms with Crippen LogP contribution in [0.25, 0.3) is 0 Å². The van der Waals surface area contributed by atoms with E-state index in [1.165, 1.54) is 25.9 Å². The van der Waals surface area contributed by atoms with Crippen LogP contribution >= 0.6 is 0 Å². The molecule has 2 heterocycles. The summed E-state index contributed by atoms with van der Waals surface area (Å²) < 4.78 is 5.25. The highest BCUT2D eigenvalue weighted by Gasteiger charge is 2.19. The van der Waals surface area contributed by atoms with Crippen LogP contribution < -0.4 is 10.1 Å². The van der Waals surface area contributed by atoms with Crippen LogP contribution in [0.5, 0.6) is 5.75 Å². The van der Waals surface area contributed by atoms with E-state index in [0.29, 0.717) is 0 Å². The van der Waals surface area contributed by atoms with Gasteiger partial charge in [0.1, 0.15) is 5.75 Å². The molecule has 6 nitrogen and oxygen atoms in total. The van der Waals surface area contributed by atoms with Crippen molar-refractivity contribution in [2.45, 2.75) is 25.3 Å². The van der Waals surface area contributed by atoms with Crippen molar-refractivity contribution in [3.05, 3.63) is 59.9 Å². The fourth-order valence-corrected chi connectivity index (χ4v) is 3.58. The lowest BCUT2D eigenvalue weighted by molar-refractivity contribution is 0.203. The third-order valence-electron chi connectivity index (χ3n) is 5.27. The van der Waals surface area contributed by atoms with E-state index < -0.39 is 0 Å². The van der Waals surface area contributed by atoms with Crippen LogP contribution in [0.2, 0.25) is 0 Å². The smallest absolute Gasteiger partial charge is 0.317 e. The van der Waals surface area contributed by atoms with Gasteiger partial charge in [0.15, 0.2) is 0 Å². The van der Waals surface area contributed by atoms with E-state index in [1.807, 2.05) is 43.4 Å². The number of benzene rings is 1. The monoisotopic (exact) mass is 382 g/mol. The summed E-state index contributed by atoms with van der Waals surface area (Å²) in [4.78, 5) is 21.2. The van der Waals surface area contributed by atoms with Gasteiger partial charge >= 0.3 is 6.03 Å². The summed E-state index contributed by atoms with van der Waals surface area (Å²) in [5, 5.41) is 3.17. The van der Waals surface area contributed by atoms with Crippen LogP contribution in [-0.4, -0.2) is 61.2 Å². The highest BCUT2D eigenvalue weighted by Crippen LogP contribution is 2.24. The molecular formula is C22H30N4O2. The molecule has 1 saturated heterocycles. The second-order valence-corrected chi connectivity index (χ2v) is 7.26. The number of carbonyl (C=O) groups excluding carboxylic acids is 1. The van der Waals surface area contributed by atoms with Gasteiger partial charge in [0.05, 0.1) is 13.2 Å². The Labute approximate surface area is 167 Å². The van der Waals surface area contributed by atoms with Gasteiger partial charge in [-0.05, 0) is 74.3 Å². The minimum atomic E-state index is -0.234. The fourth-order valence-electron chi connectivity index (χ4n) is 3.58. The molecule has 28 heavy (non-hydrogen) atoms. The first kappa shape index (κ1) is 20.1. The zero-order valence-corrected chi connectivity index (χ0v) is 16.8. The van der Waals surface area contributed by atoms with E-state index in [1.54, 1.807) is 24.4 Å². The van der Waals surface area contributed by atoms with Crippen LogP contribution in [0, 0.1) is 0 Å². The van der Waals surface area contributed by atoms with E-state index in [-0.39, 0.29) is 12.1 Å². The summed E-state index contributed by atoms with van der Waals surface area (Å²) >= 11 is 0. The summed E-state index contributed by atoms with van der Waals surface area (Å²) in [5.41, 5.74) is 2.00. The molecule has 0 saturated carbocycles. The maximum Gasteiger partial charge on any atom is 0.317 e. The van der Waals surface area contributed by atoms with Crippen molar-refractivity contribution in [2.75, 3.05) is 40.3 Å². The van der Waals surface area contributed by atoms with Crippen molar-refractivity contribution in [1.29, 1.82) is 0 Å². The van der Waals surface area contributed by atoms with Gasteiger partial charge in [0.25, 0.3) is 0 Å². The summed E-state index contributed by atoms with van der Waals surface area (Å²) in [5.74, 6) is 0.794. The molecule has 0 aliphatic carbocycles. The van der Waals surface area contributed by atoms with E-state index in [4.69, 9.17) is 4.74 Å². The van der Waals surface area contributed by atoms with Crippen LogP contribution in [0.1, 0.15) is 36.4 Å². The number of nitrogens with one attached hydrogen (secondary N) is 1. The van der Waals surface area contributed by atoms with Gasteiger partial charge in [0.2, 0.25) is 0 Å². The molecular weight excluding hydrogens is 352 g/mol. The normalized spacial score (nSPS) is 15.2. The molecule has 2 amide bonds. The van der Waals surface area contributed by atoms with Crippen LogP contribution in [-0.2, 0) is 0 Å². The van der Waals surface area contributed by atoms with Gasteiger partial charge in [-0.15, -0.1) is 0 Å². The first-order valence-electron chi connectivity index (χ1n) is 9.95. The van der Waals surface area contributed by atoms with Gasteiger partial charge in [-0.2, -0.15) is 0 Å². The number of ether oxygens (including phenoxy) is 1. The number of likely N-dealkylation sites (tertiary alicyclic amines) is 1. The molecule has 1 aliphatic heterocycles. The lowest BCUT2D eigenvalue weighted by Gasteiger charge is -2.25. The summed E-state index contributed by atoms with van der Waals surface area (Å²) in [6, 6.07) is 11.4. The zero-order chi connectivity index (χ0) is 19.8. The van der Waals surface area contributed by atoms with E-state index in [0.717, 1.165) is 36.4 Å². The standard InChI is InChI=1S/C22H30N4O2/c1-25(14-5-17-26-15-3-4-16-26)22(27)24-21(19-10-12-23-13-11-19)18-6-8-20(28-2)9-7-18/h6-13,21H,3-5,14-17H2,1-2H3,(H,24,27)/t21-/m1/s1. The Balaban J connectivity index is 1.63. The van der Waals surface area contributed by atoms with Crippen molar-refractivity contribution < 1.29 is 9.53 Å². The second-order valence-electron chi connectivity index (χ2n) is 7.26. The van der Waals surface area contributed by atoms with Crippen LogP contribution in [0.4, 0.5) is 4.79 Å². The van der Waals surface area contributed by atoms with Gasteiger partial charge in [-0.25, -0.2) is 4.79 Å². The van der Waals surface area contributed by atoms with Crippen molar-refractivity contribution in [3.8, 4) is 5.75 Å². The van der Waals surface area contributed by atoms with Crippen molar-refractivity contribution in [3.63, 3.8) is 0 Å². The Morgan fingerprint density at radius 2 is 1.79 bits per heavy atom. The molecule has 2 aromatic rings. The molecule has 1 aromatic carbocycles. The third kappa shape index (κ3) is 5.45. The Bertz CT molecular complexity index is 730. The molecule has 1 atom stereocenters. The Hall–Kier alpha value is -2.60. The van der Waals surface area contributed by atoms with Crippen LogP contribution in [0.15, 0.2) is 48.8 Å². The fraction of sp³-hybridized carbons (Fsp3) is 0.455. The maximum atomic E-state index is 12.8. The molecule has 1 N–H and O–H groups in total. The van der Waals surface area contributed by atoms with E-state index >= 15 is 0 Å². The summed E-state index contributed by atoms with van der Waals surface area (Å²) in [6.07, 6.45) is 7.08. The lowest BCUT2D eigenvalue weighted by atomic mass is 9.99. The quantitative estimate of drug-likeness (QED) is 0.761. The van der Waals surface area contributed by atoms with Gasteiger partial charge < -0.3 is 19.9 Å². The second kappa shape index (κ2) is 10.1. The van der Waals surface area contributed by atoms with Crippen molar-refractivity contribution in [1.82, 2.24) is 20.1 Å². The minimum Gasteiger partial charge on any atom is -0.497 e. The Kier molecular flexibility index (Phi) is 7.25. The predicted molar refractivity (Wildman–Crippen MR) is 111 cm³/mol. The first-order chi connectivity index (χ1) is 13.7. The van der Waals surface area contributed by atoms with Gasteiger partial charge in [-0.1, -0.05) is 12.1 Å². The number of amides is 2. The molecule has 1 aromatic heterocycles. The lowest BCUT2D eigenvalue weighted by Crippen LogP contribution is -2.40. The number of hydrogen-bond donors (Lipinski definition) is 1. The van der Waals surface area contributed by atoms with Crippen molar-refractivity contribution >= 4 is 6.03 Å². The van der Waals surface area contributed by atoms with E-state index in [2.05, 4.69) is 15.2 Å². The number of aromatic nitrogens is 1. The minimum absolute atomic E-state index is 0.0703. The molecule has 1 fully saturated rings. The van der Waals surface area contributed by atoms with E-state index in [9.17, 15) is 4.79 Å². The largest absolute Gasteiger partial charge is 0.497 e. The molecule has 3 rings (SSSR count).